The number of aliphatic carboxylic acids is 1. The number of nitrogens with zero attached hydrogens (tertiary/aromatic N) is 4. The van der Waals surface area contributed by atoms with Gasteiger partial charge in [-0.25, -0.2) is 14.8 Å². The lowest BCUT2D eigenvalue weighted by Crippen LogP contribution is -2.46. The molecule has 1 aliphatic rings. The van der Waals surface area contributed by atoms with Crippen molar-refractivity contribution in [2.75, 3.05) is 31.3 Å². The number of hydrogen-bond donors (Lipinski definition) is 3. The standard InChI is InChI=1S/C27H34N6O3S/c1-5-17-14-21-18(9-11-29-25(21)28)13-19(17)15-23(27(35)36)33-12-10-22(26(33)34)31-37(6-2)20-7-8-24(30-16-20)32(3)4/h6-9,11,13-14,16,22-23,31H,5,10,12,15H2,1-4H3,(H2,28,29)(H,35,36)/t22?,23-,37?/m1/s1. The molecule has 1 aromatic carbocycles. The molecule has 9 nitrogen and oxygen atoms in total. The quantitative estimate of drug-likeness (QED) is 0.366. The number of aryl methyl sites for hydroxylation is 1. The van der Waals surface area contributed by atoms with Gasteiger partial charge in [0.25, 0.3) is 0 Å². The van der Waals surface area contributed by atoms with Crippen molar-refractivity contribution in [2.24, 2.45) is 0 Å². The normalized spacial score (nSPS) is 17.4. The summed E-state index contributed by atoms with van der Waals surface area (Å²) in [5, 5.41) is 13.9. The highest BCUT2D eigenvalue weighted by molar-refractivity contribution is 8.13. The SMILES string of the molecule is C/C=S(\NC1CCN([C@H](Cc2cc3ccnc(N)c3cc2CC)C(=O)O)C1=O)c1ccc(N(C)C)nc1. The predicted octanol–water partition coefficient (Wildman–Crippen LogP) is 3.09. The molecule has 1 fully saturated rings. The number of nitrogens with two attached hydrogens (primary N) is 1. The molecule has 2 unspecified atom stereocenters. The van der Waals surface area contributed by atoms with E-state index in [0.717, 1.165) is 39.0 Å². The zero-order valence-corrected chi connectivity index (χ0v) is 22.5. The van der Waals surface area contributed by atoms with Crippen molar-refractivity contribution in [1.29, 1.82) is 0 Å². The van der Waals surface area contributed by atoms with E-state index in [2.05, 4.69) is 14.7 Å². The van der Waals surface area contributed by atoms with Crippen LogP contribution in [-0.2, 0) is 22.4 Å². The zero-order chi connectivity index (χ0) is 26.7. The second-order valence-corrected chi connectivity index (χ2v) is 11.1. The van der Waals surface area contributed by atoms with Crippen LogP contribution in [0, 0.1) is 0 Å². The molecule has 0 saturated carbocycles. The van der Waals surface area contributed by atoms with Crippen LogP contribution in [0.1, 0.15) is 31.4 Å². The van der Waals surface area contributed by atoms with Crippen LogP contribution in [0.2, 0.25) is 0 Å². The summed E-state index contributed by atoms with van der Waals surface area (Å²) in [5.41, 5.74) is 7.97. The molecular formula is C27H34N6O3S. The Morgan fingerprint density at radius 2 is 2.08 bits per heavy atom. The molecule has 3 aromatic rings. The van der Waals surface area contributed by atoms with Crippen molar-refractivity contribution < 1.29 is 14.7 Å². The van der Waals surface area contributed by atoms with E-state index in [-0.39, 0.29) is 12.3 Å². The lowest BCUT2D eigenvalue weighted by atomic mass is 9.94. The van der Waals surface area contributed by atoms with E-state index >= 15 is 0 Å². The van der Waals surface area contributed by atoms with Gasteiger partial charge in [-0.05, 0) is 65.9 Å². The average molecular weight is 523 g/mol. The second-order valence-electron chi connectivity index (χ2n) is 9.26. The molecule has 37 heavy (non-hydrogen) atoms. The van der Waals surface area contributed by atoms with Gasteiger partial charge in [0.1, 0.15) is 17.7 Å². The molecule has 0 spiro atoms. The summed E-state index contributed by atoms with van der Waals surface area (Å²) in [6.07, 6.45) is 4.96. The summed E-state index contributed by atoms with van der Waals surface area (Å²) in [6, 6.07) is 8.38. The number of amides is 1. The number of nitrogens with one attached hydrogen (secondary N) is 1. The number of carboxylic acid groups (broad SMARTS) is 1. The third-order valence-electron chi connectivity index (χ3n) is 6.75. The van der Waals surface area contributed by atoms with Crippen molar-refractivity contribution in [3.63, 3.8) is 0 Å². The fraction of sp³-hybridized carbons (Fsp3) is 0.370. The molecule has 0 bridgehead atoms. The van der Waals surface area contributed by atoms with E-state index in [9.17, 15) is 14.7 Å². The smallest absolute Gasteiger partial charge is 0.326 e. The Kier molecular flexibility index (Phi) is 8.09. The number of benzene rings is 1. The first-order valence-corrected chi connectivity index (χ1v) is 13.6. The summed E-state index contributed by atoms with van der Waals surface area (Å²) in [7, 11) is 3.37. The Morgan fingerprint density at radius 3 is 2.70 bits per heavy atom. The number of anilines is 2. The van der Waals surface area contributed by atoms with Crippen molar-refractivity contribution in [1.82, 2.24) is 19.6 Å². The fourth-order valence-corrected chi connectivity index (χ4v) is 6.16. The Hall–Kier alpha value is -3.50. The maximum Gasteiger partial charge on any atom is 0.326 e. The van der Waals surface area contributed by atoms with Crippen LogP contribution in [0.3, 0.4) is 0 Å². The molecule has 4 rings (SSSR count). The molecule has 10 heteroatoms. The number of rotatable bonds is 9. The van der Waals surface area contributed by atoms with Gasteiger partial charge in [-0.2, -0.15) is 0 Å². The van der Waals surface area contributed by atoms with Gasteiger partial charge in [0.2, 0.25) is 5.91 Å². The minimum atomic E-state index is -1.00. The van der Waals surface area contributed by atoms with Gasteiger partial charge in [0, 0.05) is 49.7 Å². The Morgan fingerprint density at radius 1 is 1.30 bits per heavy atom. The third-order valence-corrected chi connectivity index (χ3v) is 8.51. The van der Waals surface area contributed by atoms with Gasteiger partial charge in [0.15, 0.2) is 0 Å². The van der Waals surface area contributed by atoms with Crippen molar-refractivity contribution in [3.05, 3.63) is 53.9 Å². The average Bonchev–Trinajstić information content (AvgIpc) is 3.24. The number of pyridine rings is 2. The Balaban J connectivity index is 1.54. The van der Waals surface area contributed by atoms with Crippen LogP contribution in [0.5, 0.6) is 0 Å². The number of nitrogen functional groups attached to an aromatic ring is 1. The molecule has 0 radical (unpaired) electrons. The number of carboxylic acids is 1. The molecule has 0 aliphatic carbocycles. The highest BCUT2D eigenvalue weighted by Gasteiger charge is 2.39. The lowest BCUT2D eigenvalue weighted by Gasteiger charge is -2.26. The highest BCUT2D eigenvalue weighted by atomic mass is 32.2. The third kappa shape index (κ3) is 5.60. The topological polar surface area (TPSA) is 125 Å². The van der Waals surface area contributed by atoms with Crippen molar-refractivity contribution >= 4 is 50.3 Å². The largest absolute Gasteiger partial charge is 0.480 e. The van der Waals surface area contributed by atoms with E-state index in [1.807, 2.05) is 74.7 Å². The molecule has 196 valence electrons. The summed E-state index contributed by atoms with van der Waals surface area (Å²) in [6.45, 7) is 4.36. The van der Waals surface area contributed by atoms with Crippen molar-refractivity contribution in [3.8, 4) is 0 Å². The second kappa shape index (κ2) is 11.3. The minimum absolute atomic E-state index is 0.183. The number of aromatic nitrogens is 2. The molecule has 3 heterocycles. The number of likely N-dealkylation sites (tertiary alicyclic amines) is 1. The molecule has 2 aromatic heterocycles. The summed E-state index contributed by atoms with van der Waals surface area (Å²) >= 11 is 0. The molecule has 4 N–H and O–H groups in total. The van der Waals surface area contributed by atoms with Crippen LogP contribution >= 0.6 is 10.7 Å². The summed E-state index contributed by atoms with van der Waals surface area (Å²) in [4.78, 5) is 38.9. The van der Waals surface area contributed by atoms with E-state index in [1.54, 1.807) is 6.20 Å². The van der Waals surface area contributed by atoms with Crippen LogP contribution < -0.4 is 15.4 Å². The predicted molar refractivity (Wildman–Crippen MR) is 150 cm³/mol. The van der Waals surface area contributed by atoms with E-state index in [4.69, 9.17) is 5.73 Å². The van der Waals surface area contributed by atoms with Gasteiger partial charge < -0.3 is 20.6 Å². The molecular weight excluding hydrogens is 488 g/mol. The van der Waals surface area contributed by atoms with Gasteiger partial charge in [-0.3, -0.25) is 9.52 Å². The van der Waals surface area contributed by atoms with Gasteiger partial charge in [-0.15, -0.1) is 0 Å². The maximum absolute atomic E-state index is 13.4. The molecule has 1 saturated heterocycles. The minimum Gasteiger partial charge on any atom is -0.480 e. The van der Waals surface area contributed by atoms with E-state index < -0.39 is 28.7 Å². The van der Waals surface area contributed by atoms with E-state index in [0.29, 0.717) is 18.8 Å². The van der Waals surface area contributed by atoms with E-state index in [1.165, 1.54) is 4.90 Å². The van der Waals surface area contributed by atoms with Crippen LogP contribution in [0.4, 0.5) is 11.6 Å². The first-order chi connectivity index (χ1) is 17.7. The Bertz CT molecular complexity index is 1340. The first-order valence-electron chi connectivity index (χ1n) is 12.3. The van der Waals surface area contributed by atoms with Crippen LogP contribution in [-0.4, -0.2) is 69.9 Å². The molecule has 3 atom stereocenters. The lowest BCUT2D eigenvalue weighted by molar-refractivity contribution is -0.148. The van der Waals surface area contributed by atoms with Gasteiger partial charge in [-0.1, -0.05) is 23.7 Å². The fourth-order valence-electron chi connectivity index (χ4n) is 4.71. The monoisotopic (exact) mass is 522 g/mol. The summed E-state index contributed by atoms with van der Waals surface area (Å²) < 4.78 is 3.43. The van der Waals surface area contributed by atoms with Gasteiger partial charge in [0.05, 0.1) is 6.04 Å². The summed E-state index contributed by atoms with van der Waals surface area (Å²) in [5.74, 6) is 0.119. The zero-order valence-electron chi connectivity index (χ0n) is 21.6. The molecule has 1 amide bonds. The maximum atomic E-state index is 13.4. The van der Waals surface area contributed by atoms with Crippen LogP contribution in [0.25, 0.3) is 10.8 Å². The number of carbonyl (C=O) groups is 2. The van der Waals surface area contributed by atoms with Crippen molar-refractivity contribution in [2.45, 2.75) is 50.1 Å². The number of carbonyl (C=O) groups excluding carboxylic acids is 1. The number of hydrogen-bond acceptors (Lipinski definition) is 7. The highest BCUT2D eigenvalue weighted by Crippen LogP contribution is 2.29. The molecule has 1 aliphatic heterocycles. The Labute approximate surface area is 219 Å². The van der Waals surface area contributed by atoms with Crippen LogP contribution in [0.15, 0.2) is 47.6 Å². The van der Waals surface area contributed by atoms with Gasteiger partial charge >= 0.3 is 5.97 Å². The number of fused-ring (bicyclic) bond motifs is 1. The first kappa shape index (κ1) is 26.6.